The molecule has 0 fully saturated rings. The zero-order valence-electron chi connectivity index (χ0n) is 8.49. The average molecular weight is 203 g/mol. The highest BCUT2D eigenvalue weighted by atomic mass is 16.4. The number of hydrogen-bond acceptors (Lipinski definition) is 3. The Morgan fingerprint density at radius 3 is 2.00 bits per heavy atom. The molecule has 0 aromatic heterocycles. The summed E-state index contributed by atoms with van der Waals surface area (Å²) in [7, 11) is 0. The zero-order valence-corrected chi connectivity index (χ0v) is 8.49. The van der Waals surface area contributed by atoms with Crippen LogP contribution < -0.4 is 5.32 Å². The maximum Gasteiger partial charge on any atom is 0.321 e. The highest BCUT2D eigenvalue weighted by molar-refractivity contribution is 5.80. The van der Waals surface area contributed by atoms with Crippen molar-refractivity contribution in [2.45, 2.75) is 45.2 Å². The fraction of sp³-hybridized carbons (Fsp3) is 0.778. The van der Waals surface area contributed by atoms with E-state index in [1.54, 1.807) is 0 Å². The van der Waals surface area contributed by atoms with Gasteiger partial charge < -0.3 is 15.5 Å². The minimum absolute atomic E-state index is 0.0652. The first-order chi connectivity index (χ1) is 6.51. The summed E-state index contributed by atoms with van der Waals surface area (Å²) in [5, 5.41) is 20.0. The third-order valence-corrected chi connectivity index (χ3v) is 2.10. The molecule has 0 heterocycles. The van der Waals surface area contributed by atoms with Crippen LogP contribution in [-0.2, 0) is 9.59 Å². The van der Waals surface area contributed by atoms with Crippen molar-refractivity contribution in [3.8, 4) is 0 Å². The van der Waals surface area contributed by atoms with Gasteiger partial charge in [0.25, 0.3) is 0 Å². The minimum atomic E-state index is -1.11. The first-order valence-corrected chi connectivity index (χ1v) is 4.71. The van der Waals surface area contributed by atoms with Gasteiger partial charge in [0.1, 0.15) is 6.04 Å². The lowest BCUT2D eigenvalue weighted by Crippen LogP contribution is -2.44. The first-order valence-electron chi connectivity index (χ1n) is 4.71. The smallest absolute Gasteiger partial charge is 0.321 e. The van der Waals surface area contributed by atoms with Gasteiger partial charge in [0.05, 0.1) is 6.42 Å². The molecule has 0 spiro atoms. The third-order valence-electron chi connectivity index (χ3n) is 2.10. The molecule has 0 aromatic carbocycles. The Bertz CT molecular complexity index is 201. The summed E-state index contributed by atoms with van der Waals surface area (Å²) in [6, 6.07) is -0.923. The summed E-state index contributed by atoms with van der Waals surface area (Å²) in [5.41, 5.74) is 0. The largest absolute Gasteiger partial charge is 0.481 e. The Morgan fingerprint density at radius 1 is 1.21 bits per heavy atom. The summed E-state index contributed by atoms with van der Waals surface area (Å²) >= 11 is 0. The van der Waals surface area contributed by atoms with Gasteiger partial charge in [-0.2, -0.15) is 0 Å². The van der Waals surface area contributed by atoms with Gasteiger partial charge in [-0.15, -0.1) is 0 Å². The van der Waals surface area contributed by atoms with Gasteiger partial charge in [-0.25, -0.2) is 0 Å². The second kappa shape index (κ2) is 6.37. The molecular formula is C9H17NO4. The Labute approximate surface area is 83.1 Å². The van der Waals surface area contributed by atoms with Crippen LogP contribution in [0.4, 0.5) is 0 Å². The number of nitrogens with one attached hydrogen (secondary N) is 1. The predicted molar refractivity (Wildman–Crippen MR) is 51.2 cm³/mol. The number of aliphatic carboxylic acids is 2. The van der Waals surface area contributed by atoms with Crippen molar-refractivity contribution in [2.75, 3.05) is 0 Å². The molecule has 0 saturated heterocycles. The molecule has 0 amide bonds. The van der Waals surface area contributed by atoms with E-state index in [9.17, 15) is 9.59 Å². The van der Waals surface area contributed by atoms with Crippen molar-refractivity contribution in [1.82, 2.24) is 5.32 Å². The number of carboxylic acid groups (broad SMARTS) is 2. The van der Waals surface area contributed by atoms with E-state index in [-0.39, 0.29) is 12.5 Å². The zero-order chi connectivity index (χ0) is 11.1. The van der Waals surface area contributed by atoms with Crippen LogP contribution >= 0.6 is 0 Å². The van der Waals surface area contributed by atoms with E-state index in [0.29, 0.717) is 0 Å². The molecule has 1 atom stereocenters. The molecule has 0 radical (unpaired) electrons. The maximum atomic E-state index is 10.7. The minimum Gasteiger partial charge on any atom is -0.481 e. The van der Waals surface area contributed by atoms with Crippen molar-refractivity contribution in [1.29, 1.82) is 0 Å². The van der Waals surface area contributed by atoms with Crippen LogP contribution in [0.3, 0.4) is 0 Å². The SMILES string of the molecule is CCC(CC)NC(CC(=O)O)C(=O)O. The lowest BCUT2D eigenvalue weighted by Gasteiger charge is -2.19. The van der Waals surface area contributed by atoms with Gasteiger partial charge in [-0.1, -0.05) is 13.8 Å². The summed E-state index contributed by atoms with van der Waals surface area (Å²) < 4.78 is 0. The van der Waals surface area contributed by atoms with Crippen LogP contribution in [0.2, 0.25) is 0 Å². The molecule has 3 N–H and O–H groups in total. The quantitative estimate of drug-likeness (QED) is 0.566. The molecule has 5 nitrogen and oxygen atoms in total. The Balaban J connectivity index is 4.21. The highest BCUT2D eigenvalue weighted by Gasteiger charge is 2.22. The molecule has 0 rings (SSSR count). The monoisotopic (exact) mass is 203 g/mol. The first kappa shape index (κ1) is 12.9. The normalized spacial score (nSPS) is 12.8. The van der Waals surface area contributed by atoms with Gasteiger partial charge in [0.15, 0.2) is 0 Å². The van der Waals surface area contributed by atoms with Crippen molar-refractivity contribution in [2.24, 2.45) is 0 Å². The molecule has 0 aliphatic heterocycles. The maximum absolute atomic E-state index is 10.7. The van der Waals surface area contributed by atoms with Crippen LogP contribution in [-0.4, -0.2) is 34.2 Å². The number of rotatable bonds is 7. The number of carbonyl (C=O) groups is 2. The van der Waals surface area contributed by atoms with Crippen LogP contribution in [0.25, 0.3) is 0 Å². The predicted octanol–water partition coefficient (Wildman–Crippen LogP) is 0.692. The molecule has 0 saturated carbocycles. The van der Waals surface area contributed by atoms with Gasteiger partial charge in [-0.05, 0) is 12.8 Å². The van der Waals surface area contributed by atoms with Crippen molar-refractivity contribution in [3.63, 3.8) is 0 Å². The van der Waals surface area contributed by atoms with Crippen LogP contribution in [0.15, 0.2) is 0 Å². The Hall–Kier alpha value is -1.10. The number of hydrogen-bond donors (Lipinski definition) is 3. The molecule has 5 heteroatoms. The summed E-state index contributed by atoms with van der Waals surface area (Å²) in [4.78, 5) is 21.0. The standard InChI is InChI=1S/C9H17NO4/c1-3-6(4-2)10-7(9(13)14)5-8(11)12/h6-7,10H,3-5H2,1-2H3,(H,11,12)(H,13,14). The molecule has 0 bridgehead atoms. The van der Waals surface area contributed by atoms with Gasteiger partial charge in [0, 0.05) is 6.04 Å². The van der Waals surface area contributed by atoms with E-state index in [2.05, 4.69) is 5.32 Å². The lowest BCUT2D eigenvalue weighted by molar-refractivity contribution is -0.146. The van der Waals surface area contributed by atoms with Gasteiger partial charge in [0.2, 0.25) is 0 Å². The second-order valence-electron chi connectivity index (χ2n) is 3.17. The highest BCUT2D eigenvalue weighted by Crippen LogP contribution is 2.01. The second-order valence-corrected chi connectivity index (χ2v) is 3.17. The third kappa shape index (κ3) is 4.81. The van der Waals surface area contributed by atoms with E-state index >= 15 is 0 Å². The van der Waals surface area contributed by atoms with Crippen molar-refractivity contribution >= 4 is 11.9 Å². The van der Waals surface area contributed by atoms with Crippen molar-refractivity contribution in [3.05, 3.63) is 0 Å². The van der Waals surface area contributed by atoms with Gasteiger partial charge in [-0.3, -0.25) is 9.59 Å². The number of carboxylic acids is 2. The van der Waals surface area contributed by atoms with E-state index in [1.807, 2.05) is 13.8 Å². The van der Waals surface area contributed by atoms with Crippen LogP contribution in [0, 0.1) is 0 Å². The summed E-state index contributed by atoms with van der Waals surface area (Å²) in [5.74, 6) is -2.21. The van der Waals surface area contributed by atoms with E-state index < -0.39 is 18.0 Å². The summed E-state index contributed by atoms with van der Waals surface area (Å²) in [6.45, 7) is 3.86. The van der Waals surface area contributed by atoms with Crippen molar-refractivity contribution < 1.29 is 19.8 Å². The van der Waals surface area contributed by atoms with Crippen LogP contribution in [0.1, 0.15) is 33.1 Å². The topological polar surface area (TPSA) is 86.6 Å². The molecule has 14 heavy (non-hydrogen) atoms. The summed E-state index contributed by atoms with van der Waals surface area (Å²) in [6.07, 6.45) is 1.20. The lowest BCUT2D eigenvalue weighted by atomic mass is 10.1. The van der Waals surface area contributed by atoms with Crippen LogP contribution in [0.5, 0.6) is 0 Å². The molecule has 0 aliphatic carbocycles. The van der Waals surface area contributed by atoms with E-state index in [0.717, 1.165) is 12.8 Å². The molecular weight excluding hydrogens is 186 g/mol. The molecule has 0 aliphatic rings. The van der Waals surface area contributed by atoms with E-state index in [1.165, 1.54) is 0 Å². The fourth-order valence-electron chi connectivity index (χ4n) is 1.20. The molecule has 1 unspecified atom stereocenters. The molecule has 0 aromatic rings. The Morgan fingerprint density at radius 2 is 1.71 bits per heavy atom. The Kier molecular flexibility index (Phi) is 5.87. The average Bonchev–Trinajstić information content (AvgIpc) is 2.11. The molecule has 82 valence electrons. The van der Waals surface area contributed by atoms with E-state index in [4.69, 9.17) is 10.2 Å². The van der Waals surface area contributed by atoms with Gasteiger partial charge >= 0.3 is 11.9 Å². The fourth-order valence-corrected chi connectivity index (χ4v) is 1.20.